The molecule has 0 aliphatic heterocycles. The van der Waals surface area contributed by atoms with Crippen LogP contribution < -0.4 is 4.74 Å². The molecular weight excluding hydrogens is 252 g/mol. The van der Waals surface area contributed by atoms with Crippen LogP contribution in [0.3, 0.4) is 0 Å². The zero-order valence-electron chi connectivity index (χ0n) is 11.8. The molecular formula is C17H22O3. The third kappa shape index (κ3) is 2.67. The predicted molar refractivity (Wildman–Crippen MR) is 77.1 cm³/mol. The molecule has 0 unspecified atom stereocenters. The van der Waals surface area contributed by atoms with Crippen LogP contribution in [0.5, 0.6) is 5.75 Å². The van der Waals surface area contributed by atoms with Crippen molar-refractivity contribution in [1.82, 2.24) is 0 Å². The Morgan fingerprint density at radius 1 is 1.15 bits per heavy atom. The van der Waals surface area contributed by atoms with Crippen LogP contribution in [-0.2, 0) is 10.2 Å². The Labute approximate surface area is 120 Å². The van der Waals surface area contributed by atoms with Crippen molar-refractivity contribution in [2.24, 2.45) is 5.92 Å². The van der Waals surface area contributed by atoms with Gasteiger partial charge in [0.2, 0.25) is 0 Å². The number of benzene rings is 1. The second-order valence-electron chi connectivity index (χ2n) is 6.23. The molecule has 0 spiro atoms. The van der Waals surface area contributed by atoms with Crippen LogP contribution in [0.2, 0.25) is 0 Å². The molecule has 0 bridgehead atoms. The predicted octanol–water partition coefficient (Wildman–Crippen LogP) is 3.76. The average Bonchev–Trinajstić information content (AvgIpc) is 3.30. The highest BCUT2D eigenvalue weighted by Crippen LogP contribution is 2.40. The smallest absolute Gasteiger partial charge is 0.314 e. The summed E-state index contributed by atoms with van der Waals surface area (Å²) in [5.74, 6) is 0.916. The van der Waals surface area contributed by atoms with Crippen molar-refractivity contribution in [2.75, 3.05) is 6.61 Å². The third-order valence-corrected chi connectivity index (χ3v) is 4.71. The van der Waals surface area contributed by atoms with Gasteiger partial charge >= 0.3 is 5.97 Å². The lowest BCUT2D eigenvalue weighted by atomic mass is 9.69. The Balaban J connectivity index is 1.75. The highest BCUT2D eigenvalue weighted by Gasteiger charge is 2.41. The molecule has 2 saturated carbocycles. The second-order valence-corrected chi connectivity index (χ2v) is 6.23. The van der Waals surface area contributed by atoms with Gasteiger partial charge in [-0.15, -0.1) is 0 Å². The van der Waals surface area contributed by atoms with E-state index in [-0.39, 0.29) is 0 Å². The number of aliphatic carboxylic acids is 1. The van der Waals surface area contributed by atoms with E-state index in [0.717, 1.165) is 55.9 Å². The van der Waals surface area contributed by atoms with Gasteiger partial charge in [0.15, 0.2) is 0 Å². The quantitative estimate of drug-likeness (QED) is 0.889. The number of carboxylic acids is 1. The lowest BCUT2D eigenvalue weighted by Crippen LogP contribution is -2.37. The Kier molecular flexibility index (Phi) is 3.68. The number of ether oxygens (including phenoxy) is 1. The fraction of sp³-hybridized carbons (Fsp3) is 0.588. The van der Waals surface area contributed by atoms with E-state index in [4.69, 9.17) is 4.74 Å². The fourth-order valence-corrected chi connectivity index (χ4v) is 3.15. The summed E-state index contributed by atoms with van der Waals surface area (Å²) in [5, 5.41) is 9.66. The van der Waals surface area contributed by atoms with E-state index < -0.39 is 11.4 Å². The fourth-order valence-electron chi connectivity index (χ4n) is 3.15. The molecule has 0 heterocycles. The van der Waals surface area contributed by atoms with E-state index in [1.165, 1.54) is 12.8 Å². The summed E-state index contributed by atoms with van der Waals surface area (Å²) in [6.45, 7) is 0.795. The maximum Gasteiger partial charge on any atom is 0.314 e. The maximum absolute atomic E-state index is 11.8. The molecule has 1 aromatic rings. The van der Waals surface area contributed by atoms with Crippen molar-refractivity contribution in [1.29, 1.82) is 0 Å². The summed E-state index contributed by atoms with van der Waals surface area (Å²) >= 11 is 0. The van der Waals surface area contributed by atoms with E-state index in [0.29, 0.717) is 0 Å². The molecule has 108 valence electrons. The average molecular weight is 274 g/mol. The summed E-state index contributed by atoms with van der Waals surface area (Å²) in [5.41, 5.74) is 0.260. The van der Waals surface area contributed by atoms with E-state index in [1.54, 1.807) is 0 Å². The number of rotatable bonds is 5. The van der Waals surface area contributed by atoms with Crippen LogP contribution in [0.1, 0.15) is 50.5 Å². The number of carboxylic acid groups (broad SMARTS) is 1. The normalized spacial score (nSPS) is 21.4. The Morgan fingerprint density at radius 3 is 2.35 bits per heavy atom. The summed E-state index contributed by atoms with van der Waals surface area (Å²) in [7, 11) is 0. The Morgan fingerprint density at radius 2 is 1.80 bits per heavy atom. The van der Waals surface area contributed by atoms with Crippen molar-refractivity contribution in [3.63, 3.8) is 0 Å². The summed E-state index contributed by atoms with van der Waals surface area (Å²) in [6.07, 6.45) is 7.23. The van der Waals surface area contributed by atoms with Crippen LogP contribution in [0, 0.1) is 5.92 Å². The first-order chi connectivity index (χ1) is 9.71. The molecule has 0 aromatic heterocycles. The van der Waals surface area contributed by atoms with Gasteiger partial charge in [0.25, 0.3) is 0 Å². The van der Waals surface area contributed by atoms with Gasteiger partial charge in [-0.05, 0) is 49.3 Å². The summed E-state index contributed by atoms with van der Waals surface area (Å²) in [6, 6.07) is 7.75. The van der Waals surface area contributed by atoms with Crippen LogP contribution in [0.4, 0.5) is 0 Å². The minimum Gasteiger partial charge on any atom is -0.493 e. The van der Waals surface area contributed by atoms with Crippen LogP contribution in [0.25, 0.3) is 0 Å². The molecule has 0 saturated heterocycles. The summed E-state index contributed by atoms with van der Waals surface area (Å²) < 4.78 is 5.72. The standard InChI is InChI=1S/C17H22O3/c18-16(19)17(10-2-1-3-11-17)14-6-8-15(9-7-14)20-12-13-4-5-13/h6-9,13H,1-5,10-12H2,(H,18,19). The molecule has 2 aliphatic carbocycles. The van der Waals surface area contributed by atoms with E-state index in [2.05, 4.69) is 0 Å². The first-order valence-electron chi connectivity index (χ1n) is 7.67. The van der Waals surface area contributed by atoms with E-state index >= 15 is 0 Å². The first kappa shape index (κ1) is 13.5. The first-order valence-corrected chi connectivity index (χ1v) is 7.67. The summed E-state index contributed by atoms with van der Waals surface area (Å²) in [4.78, 5) is 11.8. The van der Waals surface area contributed by atoms with Gasteiger partial charge in [-0.3, -0.25) is 4.79 Å². The van der Waals surface area contributed by atoms with Gasteiger partial charge in [-0.2, -0.15) is 0 Å². The van der Waals surface area contributed by atoms with Crippen LogP contribution in [-0.4, -0.2) is 17.7 Å². The van der Waals surface area contributed by atoms with Gasteiger partial charge in [-0.1, -0.05) is 31.4 Å². The highest BCUT2D eigenvalue weighted by molar-refractivity contribution is 5.81. The largest absolute Gasteiger partial charge is 0.493 e. The molecule has 3 nitrogen and oxygen atoms in total. The molecule has 0 radical (unpaired) electrons. The topological polar surface area (TPSA) is 46.5 Å². The molecule has 2 fully saturated rings. The molecule has 3 heteroatoms. The Hall–Kier alpha value is -1.51. The van der Waals surface area contributed by atoms with Crippen molar-refractivity contribution in [2.45, 2.75) is 50.4 Å². The lowest BCUT2D eigenvalue weighted by Gasteiger charge is -2.33. The molecule has 0 atom stereocenters. The van der Waals surface area contributed by atoms with Gasteiger partial charge in [0, 0.05) is 0 Å². The zero-order chi connectivity index (χ0) is 14.0. The number of hydrogen-bond donors (Lipinski definition) is 1. The van der Waals surface area contributed by atoms with Crippen molar-refractivity contribution in [3.8, 4) is 5.75 Å². The maximum atomic E-state index is 11.8. The Bertz CT molecular complexity index is 468. The molecule has 3 rings (SSSR count). The van der Waals surface area contributed by atoms with Gasteiger partial charge < -0.3 is 9.84 Å². The molecule has 0 amide bonds. The van der Waals surface area contributed by atoms with Crippen LogP contribution in [0.15, 0.2) is 24.3 Å². The number of carbonyl (C=O) groups is 1. The highest BCUT2D eigenvalue weighted by atomic mass is 16.5. The third-order valence-electron chi connectivity index (χ3n) is 4.71. The molecule has 1 aromatic carbocycles. The van der Waals surface area contributed by atoms with Gasteiger partial charge in [0.05, 0.1) is 12.0 Å². The SMILES string of the molecule is O=C(O)C1(c2ccc(OCC3CC3)cc2)CCCCC1. The lowest BCUT2D eigenvalue weighted by molar-refractivity contribution is -0.145. The van der Waals surface area contributed by atoms with E-state index in [9.17, 15) is 9.90 Å². The molecule has 2 aliphatic rings. The van der Waals surface area contributed by atoms with Crippen molar-refractivity contribution >= 4 is 5.97 Å². The molecule has 20 heavy (non-hydrogen) atoms. The van der Waals surface area contributed by atoms with Crippen molar-refractivity contribution in [3.05, 3.63) is 29.8 Å². The second kappa shape index (κ2) is 5.47. The zero-order valence-corrected chi connectivity index (χ0v) is 11.8. The monoisotopic (exact) mass is 274 g/mol. The van der Waals surface area contributed by atoms with Gasteiger partial charge in [0.1, 0.15) is 5.75 Å². The minimum absolute atomic E-state index is 0.673. The van der Waals surface area contributed by atoms with E-state index in [1.807, 2.05) is 24.3 Å². The minimum atomic E-state index is -0.677. The van der Waals surface area contributed by atoms with Crippen LogP contribution >= 0.6 is 0 Å². The molecule has 1 N–H and O–H groups in total. The number of hydrogen-bond acceptors (Lipinski definition) is 2. The van der Waals surface area contributed by atoms with Crippen molar-refractivity contribution < 1.29 is 14.6 Å². The van der Waals surface area contributed by atoms with Gasteiger partial charge in [-0.25, -0.2) is 0 Å².